The van der Waals surface area contributed by atoms with Gasteiger partial charge in [-0.15, -0.1) is 0 Å². The molecule has 0 unspecified atom stereocenters. The molecule has 3 nitrogen and oxygen atoms in total. The second-order valence-electron chi connectivity index (χ2n) is 4.22. The number of aromatic hydroxyl groups is 1. The lowest BCUT2D eigenvalue weighted by molar-refractivity contribution is 0.416. The van der Waals surface area contributed by atoms with Crippen molar-refractivity contribution in [3.8, 4) is 11.5 Å². The lowest BCUT2D eigenvalue weighted by atomic mass is 10.2. The summed E-state index contributed by atoms with van der Waals surface area (Å²) in [5.41, 5.74) is 3.27. The molecule has 2 rings (SSSR count). The first-order valence-corrected chi connectivity index (χ1v) is 5.85. The van der Waals surface area contributed by atoms with Crippen LogP contribution in [0.1, 0.15) is 11.1 Å². The second kappa shape index (κ2) is 5.45. The summed E-state index contributed by atoms with van der Waals surface area (Å²) in [5, 5.41) is 12.6. The van der Waals surface area contributed by atoms with Crippen molar-refractivity contribution in [2.75, 3.05) is 12.4 Å². The van der Waals surface area contributed by atoms with Crippen LogP contribution in [0.3, 0.4) is 0 Å². The van der Waals surface area contributed by atoms with Gasteiger partial charge in [0, 0.05) is 6.54 Å². The number of aryl methyl sites for hydroxylation is 1. The fourth-order valence-corrected chi connectivity index (χ4v) is 1.77. The monoisotopic (exact) mass is 243 g/mol. The molecule has 0 aromatic heterocycles. The van der Waals surface area contributed by atoms with E-state index >= 15 is 0 Å². The maximum Gasteiger partial charge on any atom is 0.141 e. The second-order valence-corrected chi connectivity index (χ2v) is 4.22. The van der Waals surface area contributed by atoms with Gasteiger partial charge in [-0.2, -0.15) is 0 Å². The van der Waals surface area contributed by atoms with Crippen LogP contribution in [0.15, 0.2) is 42.5 Å². The van der Waals surface area contributed by atoms with Crippen LogP contribution < -0.4 is 10.1 Å². The quantitative estimate of drug-likeness (QED) is 0.865. The van der Waals surface area contributed by atoms with Gasteiger partial charge in [-0.3, -0.25) is 0 Å². The number of nitrogens with one attached hydrogen (secondary N) is 1. The molecule has 2 aromatic rings. The molecule has 0 heterocycles. The van der Waals surface area contributed by atoms with Crippen LogP contribution in [0.5, 0.6) is 11.5 Å². The first kappa shape index (κ1) is 12.3. The summed E-state index contributed by atoms with van der Waals surface area (Å²) in [7, 11) is 1.66. The summed E-state index contributed by atoms with van der Waals surface area (Å²) in [6, 6.07) is 13.2. The molecule has 0 atom stereocenters. The highest BCUT2D eigenvalue weighted by Gasteiger charge is 2.02. The summed E-state index contributed by atoms with van der Waals surface area (Å²) in [5.74, 6) is 1.12. The lowest BCUT2D eigenvalue weighted by Gasteiger charge is -2.12. The molecule has 0 saturated carbocycles. The Balaban J connectivity index is 2.09. The molecular formula is C15H17NO2. The van der Waals surface area contributed by atoms with Crippen LogP contribution in [-0.2, 0) is 6.54 Å². The van der Waals surface area contributed by atoms with Crippen LogP contribution >= 0.6 is 0 Å². The summed E-state index contributed by atoms with van der Waals surface area (Å²) in [6.07, 6.45) is 0. The number of phenolic OH excluding ortho intramolecular Hbond substituents is 1. The minimum absolute atomic E-state index is 0.284. The topological polar surface area (TPSA) is 41.5 Å². The molecule has 0 radical (unpaired) electrons. The van der Waals surface area contributed by atoms with E-state index in [1.807, 2.05) is 31.2 Å². The first-order chi connectivity index (χ1) is 8.69. The molecule has 0 bridgehead atoms. The summed E-state index contributed by atoms with van der Waals surface area (Å²) in [4.78, 5) is 0. The van der Waals surface area contributed by atoms with Crippen LogP contribution in [0, 0.1) is 6.92 Å². The predicted molar refractivity (Wildman–Crippen MR) is 73.2 cm³/mol. The fraction of sp³-hybridized carbons (Fsp3) is 0.200. The van der Waals surface area contributed by atoms with Gasteiger partial charge in [-0.05, 0) is 42.3 Å². The third-order valence-electron chi connectivity index (χ3n) is 2.77. The van der Waals surface area contributed by atoms with Crippen LogP contribution in [0.4, 0.5) is 5.69 Å². The van der Waals surface area contributed by atoms with Gasteiger partial charge in [0.05, 0.1) is 12.8 Å². The molecule has 0 aliphatic heterocycles. The Morgan fingerprint density at radius 3 is 2.50 bits per heavy atom. The van der Waals surface area contributed by atoms with Crippen molar-refractivity contribution in [1.29, 1.82) is 0 Å². The van der Waals surface area contributed by atoms with Crippen molar-refractivity contribution in [3.05, 3.63) is 53.6 Å². The summed E-state index contributed by atoms with van der Waals surface area (Å²) >= 11 is 0. The zero-order chi connectivity index (χ0) is 13.0. The predicted octanol–water partition coefficient (Wildman–Crippen LogP) is 3.32. The average Bonchev–Trinajstić information content (AvgIpc) is 2.38. The van der Waals surface area contributed by atoms with Crippen molar-refractivity contribution < 1.29 is 9.84 Å². The van der Waals surface area contributed by atoms with E-state index in [1.165, 1.54) is 5.56 Å². The van der Waals surface area contributed by atoms with Crippen LogP contribution in [0.2, 0.25) is 0 Å². The summed E-state index contributed by atoms with van der Waals surface area (Å²) in [6.45, 7) is 2.74. The largest absolute Gasteiger partial charge is 0.508 e. The number of methoxy groups -OCH3 is 1. The van der Waals surface area contributed by atoms with Crippen molar-refractivity contribution >= 4 is 5.69 Å². The van der Waals surface area contributed by atoms with E-state index in [0.29, 0.717) is 6.54 Å². The van der Waals surface area contributed by atoms with E-state index in [4.69, 9.17) is 4.74 Å². The molecule has 0 saturated heterocycles. The molecule has 2 aromatic carbocycles. The van der Waals surface area contributed by atoms with Crippen LogP contribution in [0.25, 0.3) is 0 Å². The number of anilines is 1. The maximum absolute atomic E-state index is 9.22. The zero-order valence-corrected chi connectivity index (χ0v) is 10.6. The maximum atomic E-state index is 9.22. The normalized spacial score (nSPS) is 10.1. The highest BCUT2D eigenvalue weighted by Crippen LogP contribution is 2.25. The Bertz CT molecular complexity index is 521. The Kier molecular flexibility index (Phi) is 3.72. The smallest absolute Gasteiger partial charge is 0.141 e. The molecule has 3 heteroatoms. The standard InChI is InChI=1S/C15H17NO2/c1-11-3-8-15(18-2)14(9-11)16-10-12-4-6-13(17)7-5-12/h3-9,16-17H,10H2,1-2H3. The number of benzene rings is 2. The van der Waals surface area contributed by atoms with Crippen LogP contribution in [-0.4, -0.2) is 12.2 Å². The molecule has 0 amide bonds. The van der Waals surface area contributed by atoms with Gasteiger partial charge in [0.15, 0.2) is 0 Å². The molecule has 0 fully saturated rings. The van der Waals surface area contributed by atoms with E-state index in [1.54, 1.807) is 19.2 Å². The van der Waals surface area contributed by atoms with E-state index in [-0.39, 0.29) is 5.75 Å². The van der Waals surface area contributed by atoms with Gasteiger partial charge in [0.25, 0.3) is 0 Å². The number of phenols is 1. The Hall–Kier alpha value is -2.16. The lowest BCUT2D eigenvalue weighted by Crippen LogP contribution is -2.01. The molecule has 18 heavy (non-hydrogen) atoms. The van der Waals surface area contributed by atoms with Gasteiger partial charge < -0.3 is 15.2 Å². The number of hydrogen-bond acceptors (Lipinski definition) is 3. The van der Waals surface area contributed by atoms with Gasteiger partial charge in [0.1, 0.15) is 11.5 Å². The molecule has 94 valence electrons. The van der Waals surface area contributed by atoms with Gasteiger partial charge in [0.2, 0.25) is 0 Å². The number of ether oxygens (including phenoxy) is 1. The van der Waals surface area contributed by atoms with E-state index in [2.05, 4.69) is 11.4 Å². The highest BCUT2D eigenvalue weighted by atomic mass is 16.5. The molecule has 0 spiro atoms. The molecule has 0 aliphatic carbocycles. The Morgan fingerprint density at radius 2 is 1.83 bits per heavy atom. The minimum Gasteiger partial charge on any atom is -0.508 e. The molecular weight excluding hydrogens is 226 g/mol. The third kappa shape index (κ3) is 2.94. The van der Waals surface area contributed by atoms with Gasteiger partial charge in [-0.1, -0.05) is 18.2 Å². The fourth-order valence-electron chi connectivity index (χ4n) is 1.77. The Labute approximate surface area is 107 Å². The molecule has 2 N–H and O–H groups in total. The van der Waals surface area contributed by atoms with Crippen molar-refractivity contribution in [3.63, 3.8) is 0 Å². The minimum atomic E-state index is 0.284. The average molecular weight is 243 g/mol. The van der Waals surface area contributed by atoms with E-state index in [9.17, 15) is 5.11 Å². The number of hydrogen-bond donors (Lipinski definition) is 2. The van der Waals surface area contributed by atoms with Crippen molar-refractivity contribution in [2.24, 2.45) is 0 Å². The highest BCUT2D eigenvalue weighted by molar-refractivity contribution is 5.58. The zero-order valence-electron chi connectivity index (χ0n) is 10.6. The first-order valence-electron chi connectivity index (χ1n) is 5.85. The third-order valence-corrected chi connectivity index (χ3v) is 2.77. The number of rotatable bonds is 4. The van der Waals surface area contributed by atoms with Crippen molar-refractivity contribution in [2.45, 2.75) is 13.5 Å². The van der Waals surface area contributed by atoms with E-state index in [0.717, 1.165) is 17.0 Å². The van der Waals surface area contributed by atoms with Gasteiger partial charge >= 0.3 is 0 Å². The summed E-state index contributed by atoms with van der Waals surface area (Å²) < 4.78 is 5.31. The molecule has 0 aliphatic rings. The van der Waals surface area contributed by atoms with Gasteiger partial charge in [-0.25, -0.2) is 0 Å². The van der Waals surface area contributed by atoms with E-state index < -0.39 is 0 Å². The Morgan fingerprint density at radius 1 is 1.11 bits per heavy atom. The SMILES string of the molecule is COc1ccc(C)cc1NCc1ccc(O)cc1. The van der Waals surface area contributed by atoms with Crippen molar-refractivity contribution in [1.82, 2.24) is 0 Å².